The van der Waals surface area contributed by atoms with Crippen LogP contribution >= 0.6 is 11.8 Å². The minimum Gasteiger partial charge on any atom is -0.351 e. The van der Waals surface area contributed by atoms with Crippen molar-refractivity contribution in [3.05, 3.63) is 60.4 Å². The third kappa shape index (κ3) is 5.59. The molecule has 0 bridgehead atoms. The van der Waals surface area contributed by atoms with Crippen molar-refractivity contribution in [2.75, 3.05) is 24.2 Å². The van der Waals surface area contributed by atoms with E-state index in [-0.39, 0.29) is 17.5 Å². The van der Waals surface area contributed by atoms with Gasteiger partial charge in [0.15, 0.2) is 5.17 Å². The molecule has 1 aliphatic rings. The van der Waals surface area contributed by atoms with Gasteiger partial charge in [-0.2, -0.15) is 0 Å². The van der Waals surface area contributed by atoms with Crippen LogP contribution in [0.1, 0.15) is 19.3 Å². The quantitative estimate of drug-likeness (QED) is 0.627. The zero-order chi connectivity index (χ0) is 18.2. The molecule has 3 rings (SSSR count). The van der Waals surface area contributed by atoms with Crippen LogP contribution in [0, 0.1) is 5.82 Å². The van der Waals surface area contributed by atoms with Crippen LogP contribution in [0.25, 0.3) is 0 Å². The van der Waals surface area contributed by atoms with Crippen LogP contribution in [0.5, 0.6) is 0 Å². The molecule has 2 aromatic carbocycles. The van der Waals surface area contributed by atoms with E-state index < -0.39 is 0 Å². The van der Waals surface area contributed by atoms with E-state index in [0.29, 0.717) is 5.69 Å². The molecule has 4 nitrogen and oxygen atoms in total. The fourth-order valence-corrected chi connectivity index (χ4v) is 3.65. The number of amides is 1. The highest BCUT2D eigenvalue weighted by Crippen LogP contribution is 2.21. The van der Waals surface area contributed by atoms with Crippen molar-refractivity contribution in [2.45, 2.75) is 19.3 Å². The molecule has 1 N–H and O–H groups in total. The molecule has 0 spiro atoms. The first-order valence-corrected chi connectivity index (χ1v) is 9.76. The predicted octanol–water partition coefficient (Wildman–Crippen LogP) is 4.67. The van der Waals surface area contributed by atoms with Gasteiger partial charge in [0.2, 0.25) is 5.91 Å². The van der Waals surface area contributed by atoms with Gasteiger partial charge in [0.05, 0.1) is 11.4 Å². The molecule has 1 saturated heterocycles. The van der Waals surface area contributed by atoms with E-state index in [1.165, 1.54) is 30.3 Å². The Morgan fingerprint density at radius 2 is 1.85 bits per heavy atom. The minimum absolute atomic E-state index is 0.168. The van der Waals surface area contributed by atoms with Gasteiger partial charge in [-0.3, -0.25) is 4.79 Å². The number of aliphatic imine (C=N–C) groups is 1. The Labute approximate surface area is 157 Å². The molecule has 0 saturated carbocycles. The van der Waals surface area contributed by atoms with Gasteiger partial charge in [0.25, 0.3) is 0 Å². The fraction of sp³-hybridized carbons (Fsp3) is 0.300. The Bertz CT molecular complexity index is 761. The first-order valence-electron chi connectivity index (χ1n) is 8.77. The highest BCUT2D eigenvalue weighted by Gasteiger charge is 2.17. The lowest BCUT2D eigenvalue weighted by atomic mass is 10.1. The molecule has 136 valence electrons. The van der Waals surface area contributed by atoms with Gasteiger partial charge < -0.3 is 10.2 Å². The van der Waals surface area contributed by atoms with Crippen LogP contribution in [-0.2, 0) is 4.79 Å². The molecule has 1 heterocycles. The summed E-state index contributed by atoms with van der Waals surface area (Å²) in [4.78, 5) is 19.2. The zero-order valence-electron chi connectivity index (χ0n) is 14.5. The molecule has 1 amide bonds. The number of nitrogens with zero attached hydrogens (tertiary/aromatic N) is 2. The van der Waals surface area contributed by atoms with Gasteiger partial charge in [-0.1, -0.05) is 36.0 Å². The Morgan fingerprint density at radius 3 is 2.58 bits per heavy atom. The van der Waals surface area contributed by atoms with Gasteiger partial charge >= 0.3 is 0 Å². The van der Waals surface area contributed by atoms with Gasteiger partial charge in [-0.05, 0) is 49.6 Å². The van der Waals surface area contributed by atoms with E-state index >= 15 is 0 Å². The van der Waals surface area contributed by atoms with Gasteiger partial charge in [0, 0.05) is 18.8 Å². The number of halogens is 1. The van der Waals surface area contributed by atoms with Crippen molar-refractivity contribution in [1.82, 2.24) is 4.90 Å². The second-order valence-electron chi connectivity index (χ2n) is 6.12. The van der Waals surface area contributed by atoms with E-state index in [1.54, 1.807) is 12.1 Å². The number of anilines is 1. The van der Waals surface area contributed by atoms with E-state index in [1.807, 2.05) is 30.3 Å². The lowest BCUT2D eigenvalue weighted by Gasteiger charge is -2.29. The molecule has 0 unspecified atom stereocenters. The summed E-state index contributed by atoms with van der Waals surface area (Å²) in [7, 11) is 0. The Hall–Kier alpha value is -2.34. The van der Waals surface area contributed by atoms with Crippen molar-refractivity contribution < 1.29 is 9.18 Å². The van der Waals surface area contributed by atoms with Crippen LogP contribution < -0.4 is 5.32 Å². The lowest BCUT2D eigenvalue weighted by Crippen LogP contribution is -2.34. The molecule has 0 aliphatic carbocycles. The van der Waals surface area contributed by atoms with Crippen molar-refractivity contribution >= 4 is 34.2 Å². The summed E-state index contributed by atoms with van der Waals surface area (Å²) in [6.07, 6.45) is 3.52. The third-order valence-electron chi connectivity index (χ3n) is 4.05. The normalized spacial score (nSPS) is 15.0. The number of hydrogen-bond acceptors (Lipinski definition) is 3. The minimum atomic E-state index is -0.366. The highest BCUT2D eigenvalue weighted by atomic mass is 32.2. The van der Waals surface area contributed by atoms with Crippen molar-refractivity contribution in [3.63, 3.8) is 0 Å². The Balaban J connectivity index is 1.65. The summed E-state index contributed by atoms with van der Waals surface area (Å²) in [6, 6.07) is 15.7. The van der Waals surface area contributed by atoms with Gasteiger partial charge in [-0.15, -0.1) is 0 Å². The lowest BCUT2D eigenvalue weighted by molar-refractivity contribution is -0.113. The Kier molecular flexibility index (Phi) is 6.66. The summed E-state index contributed by atoms with van der Waals surface area (Å²) in [5.74, 6) is -0.299. The second-order valence-corrected chi connectivity index (χ2v) is 7.07. The van der Waals surface area contributed by atoms with Crippen molar-refractivity contribution in [3.8, 4) is 0 Å². The average Bonchev–Trinajstić information content (AvgIpc) is 2.66. The number of amidine groups is 1. The number of carbonyl (C=O) groups is 1. The largest absolute Gasteiger partial charge is 0.351 e. The standard InChI is InChI=1S/C20H22FN3OS/c21-16-8-7-11-18(14-16)22-19(25)15-26-20(24-12-5-2-6-13-24)23-17-9-3-1-4-10-17/h1,3-4,7-11,14H,2,5-6,12-13,15H2,(H,22,25). The number of piperidine rings is 1. The maximum atomic E-state index is 13.2. The van der Waals surface area contributed by atoms with Gasteiger partial charge in [-0.25, -0.2) is 9.38 Å². The molecule has 1 aliphatic heterocycles. The molecule has 26 heavy (non-hydrogen) atoms. The molecule has 0 atom stereocenters. The molecule has 6 heteroatoms. The molecule has 0 radical (unpaired) electrons. The monoisotopic (exact) mass is 371 g/mol. The first kappa shape index (κ1) is 18.5. The van der Waals surface area contributed by atoms with E-state index in [9.17, 15) is 9.18 Å². The third-order valence-corrected chi connectivity index (χ3v) is 5.06. The summed E-state index contributed by atoms with van der Waals surface area (Å²) >= 11 is 1.42. The smallest absolute Gasteiger partial charge is 0.234 e. The maximum Gasteiger partial charge on any atom is 0.234 e. The molecule has 1 fully saturated rings. The van der Waals surface area contributed by atoms with Crippen molar-refractivity contribution in [1.29, 1.82) is 0 Å². The first-order chi connectivity index (χ1) is 12.7. The average molecular weight is 371 g/mol. The molecule has 0 aromatic heterocycles. The number of nitrogens with one attached hydrogen (secondary N) is 1. The summed E-state index contributed by atoms with van der Waals surface area (Å²) in [5, 5.41) is 3.60. The van der Waals surface area contributed by atoms with Crippen molar-refractivity contribution in [2.24, 2.45) is 4.99 Å². The van der Waals surface area contributed by atoms with E-state index in [4.69, 9.17) is 4.99 Å². The topological polar surface area (TPSA) is 44.7 Å². The van der Waals surface area contributed by atoms with Crippen LogP contribution in [0.2, 0.25) is 0 Å². The number of para-hydroxylation sites is 1. The van der Waals surface area contributed by atoms with E-state index in [2.05, 4.69) is 10.2 Å². The summed E-state index contributed by atoms with van der Waals surface area (Å²) in [5.41, 5.74) is 1.35. The van der Waals surface area contributed by atoms with Gasteiger partial charge in [0.1, 0.15) is 5.82 Å². The van der Waals surface area contributed by atoms with Crippen LogP contribution in [0.4, 0.5) is 15.8 Å². The number of carbonyl (C=O) groups excluding carboxylic acids is 1. The van der Waals surface area contributed by atoms with Crippen LogP contribution in [0.3, 0.4) is 0 Å². The molecular weight excluding hydrogens is 349 g/mol. The zero-order valence-corrected chi connectivity index (χ0v) is 15.3. The number of thioether (sulfide) groups is 1. The van der Waals surface area contributed by atoms with E-state index in [0.717, 1.165) is 36.8 Å². The second kappa shape index (κ2) is 9.38. The molecular formula is C20H22FN3OS. The SMILES string of the molecule is O=C(CSC(=Nc1ccccc1)N1CCCCC1)Nc1cccc(F)c1. The summed E-state index contributed by atoms with van der Waals surface area (Å²) in [6.45, 7) is 1.92. The number of benzene rings is 2. The Morgan fingerprint density at radius 1 is 1.08 bits per heavy atom. The summed E-state index contributed by atoms with van der Waals surface area (Å²) < 4.78 is 13.2. The molecule has 2 aromatic rings. The fourth-order valence-electron chi connectivity index (χ4n) is 2.79. The number of hydrogen-bond donors (Lipinski definition) is 1. The predicted molar refractivity (Wildman–Crippen MR) is 106 cm³/mol. The van der Waals surface area contributed by atoms with Crippen LogP contribution in [0.15, 0.2) is 59.6 Å². The number of rotatable bonds is 4. The van der Waals surface area contributed by atoms with Crippen LogP contribution in [-0.4, -0.2) is 34.8 Å². The maximum absolute atomic E-state index is 13.2. The number of likely N-dealkylation sites (tertiary alicyclic amines) is 1. The highest BCUT2D eigenvalue weighted by molar-refractivity contribution is 8.14.